The Kier molecular flexibility index (Phi) is 10.5. The number of nitrogens with zero attached hydrogens (tertiary/aromatic N) is 3. The van der Waals surface area contributed by atoms with Crippen molar-refractivity contribution in [1.82, 2.24) is 15.1 Å². The van der Waals surface area contributed by atoms with Gasteiger partial charge >= 0.3 is 0 Å². The zero-order valence-electron chi connectivity index (χ0n) is 18.3. The van der Waals surface area contributed by atoms with E-state index in [1.165, 1.54) is 22.6 Å². The van der Waals surface area contributed by atoms with Gasteiger partial charge in [-0.2, -0.15) is 0 Å². The molecule has 0 amide bonds. The molecule has 1 N–H and O–H groups in total. The van der Waals surface area contributed by atoms with E-state index in [0.717, 1.165) is 38.7 Å². The highest BCUT2D eigenvalue weighted by molar-refractivity contribution is 14.0. The molecular formula is C22H33IN4O3S. The average molecular weight is 561 g/mol. The van der Waals surface area contributed by atoms with Gasteiger partial charge in [0.15, 0.2) is 5.96 Å². The Balaban J connectivity index is 0.00000341. The van der Waals surface area contributed by atoms with Crippen LogP contribution in [-0.2, 0) is 21.1 Å². The van der Waals surface area contributed by atoms with Crippen LogP contribution in [0.2, 0.25) is 0 Å². The number of nitrogens with one attached hydrogen (secondary N) is 1. The highest BCUT2D eigenvalue weighted by Gasteiger charge is 2.20. The predicted molar refractivity (Wildman–Crippen MR) is 138 cm³/mol. The van der Waals surface area contributed by atoms with Crippen molar-refractivity contribution in [2.75, 3.05) is 65.0 Å². The van der Waals surface area contributed by atoms with Gasteiger partial charge in [0.1, 0.15) is 9.84 Å². The molecule has 1 heterocycles. The number of benzene rings is 2. The van der Waals surface area contributed by atoms with Gasteiger partial charge < -0.3 is 15.0 Å². The molecule has 0 spiro atoms. The van der Waals surface area contributed by atoms with Gasteiger partial charge in [-0.3, -0.25) is 9.89 Å². The van der Waals surface area contributed by atoms with Gasteiger partial charge in [0.05, 0.1) is 19.0 Å². The summed E-state index contributed by atoms with van der Waals surface area (Å²) in [5.74, 6) is 0.923. The van der Waals surface area contributed by atoms with Crippen molar-refractivity contribution in [1.29, 1.82) is 0 Å². The summed E-state index contributed by atoms with van der Waals surface area (Å²) < 4.78 is 27.6. The molecule has 31 heavy (non-hydrogen) atoms. The molecule has 1 aliphatic rings. The van der Waals surface area contributed by atoms with Crippen molar-refractivity contribution < 1.29 is 13.2 Å². The number of piperazine rings is 1. The summed E-state index contributed by atoms with van der Waals surface area (Å²) in [6.07, 6.45) is 1.22. The molecule has 0 radical (unpaired) electrons. The second kappa shape index (κ2) is 12.6. The SMILES string of the molecule is CN=C(NCCOCCS(C)(=O)=O)N1CCN(Cc2cccc3ccccc23)CC1.I. The number of ether oxygens (including phenoxy) is 1. The Hall–Kier alpha value is -1.43. The first kappa shape index (κ1) is 25.8. The molecule has 0 saturated carbocycles. The lowest BCUT2D eigenvalue weighted by Crippen LogP contribution is -2.52. The monoisotopic (exact) mass is 560 g/mol. The quantitative estimate of drug-likeness (QED) is 0.231. The lowest BCUT2D eigenvalue weighted by molar-refractivity contribution is 0.150. The van der Waals surface area contributed by atoms with Crippen LogP contribution in [0.1, 0.15) is 5.56 Å². The Bertz CT molecular complexity index is 955. The van der Waals surface area contributed by atoms with Gasteiger partial charge in [-0.1, -0.05) is 42.5 Å². The minimum atomic E-state index is -2.97. The number of hydrogen-bond donors (Lipinski definition) is 1. The van der Waals surface area contributed by atoms with Crippen molar-refractivity contribution >= 4 is 50.5 Å². The number of rotatable bonds is 8. The third-order valence-corrected chi connectivity index (χ3v) is 6.19. The summed E-state index contributed by atoms with van der Waals surface area (Å²) >= 11 is 0. The summed E-state index contributed by atoms with van der Waals surface area (Å²) in [7, 11) is -1.18. The van der Waals surface area contributed by atoms with E-state index in [4.69, 9.17) is 4.74 Å². The van der Waals surface area contributed by atoms with Gasteiger partial charge in [0.25, 0.3) is 0 Å². The van der Waals surface area contributed by atoms with E-state index in [0.29, 0.717) is 13.2 Å². The highest BCUT2D eigenvalue weighted by atomic mass is 127. The molecule has 2 aromatic carbocycles. The Morgan fingerprint density at radius 2 is 1.77 bits per heavy atom. The van der Waals surface area contributed by atoms with Gasteiger partial charge in [0.2, 0.25) is 0 Å². The standard InChI is InChI=1S/C22H32N4O3S.HI/c1-23-22(24-10-15-29-16-17-30(2,27)28)26-13-11-25(12-14-26)18-20-8-5-7-19-6-3-4-9-21(19)20;/h3-9H,10-18H2,1-2H3,(H,23,24);1H. The number of guanidine groups is 1. The fourth-order valence-electron chi connectivity index (χ4n) is 3.67. The zero-order valence-corrected chi connectivity index (χ0v) is 21.4. The molecule has 3 rings (SSSR count). The second-order valence-corrected chi connectivity index (χ2v) is 9.88. The third kappa shape index (κ3) is 8.21. The smallest absolute Gasteiger partial charge is 0.193 e. The normalized spacial score (nSPS) is 15.7. The average Bonchev–Trinajstić information content (AvgIpc) is 2.74. The molecule has 9 heteroatoms. The Morgan fingerprint density at radius 1 is 1.06 bits per heavy atom. The van der Waals surface area contributed by atoms with Crippen LogP contribution in [0.3, 0.4) is 0 Å². The van der Waals surface area contributed by atoms with E-state index in [1.54, 1.807) is 7.05 Å². The molecule has 7 nitrogen and oxygen atoms in total. The molecule has 0 unspecified atom stereocenters. The molecule has 0 aromatic heterocycles. The van der Waals surface area contributed by atoms with Crippen LogP contribution in [0, 0.1) is 0 Å². The van der Waals surface area contributed by atoms with Crippen molar-refractivity contribution in [3.8, 4) is 0 Å². The first-order chi connectivity index (χ1) is 14.5. The highest BCUT2D eigenvalue weighted by Crippen LogP contribution is 2.20. The fourth-order valence-corrected chi connectivity index (χ4v) is 4.09. The molecule has 2 aromatic rings. The van der Waals surface area contributed by atoms with Gasteiger partial charge in [-0.15, -0.1) is 24.0 Å². The van der Waals surface area contributed by atoms with E-state index < -0.39 is 9.84 Å². The topological polar surface area (TPSA) is 74.2 Å². The fraction of sp³-hybridized carbons (Fsp3) is 0.500. The largest absolute Gasteiger partial charge is 0.379 e. The molecule has 0 atom stereocenters. The summed E-state index contributed by atoms with van der Waals surface area (Å²) in [5.41, 5.74) is 1.37. The summed E-state index contributed by atoms with van der Waals surface area (Å²) in [4.78, 5) is 9.13. The van der Waals surface area contributed by atoms with E-state index in [9.17, 15) is 8.42 Å². The van der Waals surface area contributed by atoms with E-state index in [2.05, 4.69) is 62.6 Å². The molecule has 1 fully saturated rings. The maximum absolute atomic E-state index is 11.1. The van der Waals surface area contributed by atoms with E-state index in [1.807, 2.05) is 0 Å². The summed E-state index contributed by atoms with van der Waals surface area (Å²) in [6, 6.07) is 15.1. The van der Waals surface area contributed by atoms with E-state index in [-0.39, 0.29) is 36.3 Å². The van der Waals surface area contributed by atoms with Gasteiger partial charge in [0, 0.05) is 52.6 Å². The maximum atomic E-state index is 11.1. The Morgan fingerprint density at radius 3 is 2.48 bits per heavy atom. The number of fused-ring (bicyclic) bond motifs is 1. The van der Waals surface area contributed by atoms with Crippen LogP contribution in [0.15, 0.2) is 47.5 Å². The molecule has 0 aliphatic carbocycles. The zero-order chi connectivity index (χ0) is 21.4. The van der Waals surface area contributed by atoms with Crippen LogP contribution >= 0.6 is 24.0 Å². The van der Waals surface area contributed by atoms with Crippen molar-refractivity contribution in [2.24, 2.45) is 4.99 Å². The van der Waals surface area contributed by atoms with Crippen LogP contribution in [0.25, 0.3) is 10.8 Å². The maximum Gasteiger partial charge on any atom is 0.193 e. The first-order valence-electron chi connectivity index (χ1n) is 10.4. The van der Waals surface area contributed by atoms with Gasteiger partial charge in [-0.25, -0.2) is 8.42 Å². The van der Waals surface area contributed by atoms with Crippen molar-refractivity contribution in [2.45, 2.75) is 6.54 Å². The number of aliphatic imine (C=N–C) groups is 1. The second-order valence-electron chi connectivity index (χ2n) is 7.62. The minimum absolute atomic E-state index is 0. The number of halogens is 1. The lowest BCUT2D eigenvalue weighted by Gasteiger charge is -2.36. The number of sulfone groups is 1. The molecule has 1 saturated heterocycles. The van der Waals surface area contributed by atoms with Gasteiger partial charge in [-0.05, 0) is 16.3 Å². The molecule has 172 valence electrons. The first-order valence-corrected chi connectivity index (χ1v) is 12.4. The Labute approximate surface area is 202 Å². The van der Waals surface area contributed by atoms with Crippen LogP contribution in [-0.4, -0.2) is 89.2 Å². The summed E-state index contributed by atoms with van der Waals surface area (Å²) in [6.45, 7) is 6.03. The third-order valence-electron chi connectivity index (χ3n) is 5.29. The molecule has 0 bridgehead atoms. The summed E-state index contributed by atoms with van der Waals surface area (Å²) in [5, 5.41) is 5.93. The molecule has 1 aliphatic heterocycles. The minimum Gasteiger partial charge on any atom is -0.379 e. The van der Waals surface area contributed by atoms with Crippen LogP contribution in [0.4, 0.5) is 0 Å². The van der Waals surface area contributed by atoms with Crippen molar-refractivity contribution in [3.05, 3.63) is 48.0 Å². The lowest BCUT2D eigenvalue weighted by atomic mass is 10.0. The molecular weight excluding hydrogens is 527 g/mol. The van der Waals surface area contributed by atoms with Crippen molar-refractivity contribution in [3.63, 3.8) is 0 Å². The van der Waals surface area contributed by atoms with E-state index >= 15 is 0 Å². The van der Waals surface area contributed by atoms with Crippen LogP contribution < -0.4 is 5.32 Å². The number of hydrogen-bond acceptors (Lipinski definition) is 5. The van der Waals surface area contributed by atoms with Crippen LogP contribution in [0.5, 0.6) is 0 Å². The predicted octanol–water partition coefficient (Wildman–Crippen LogP) is 2.21.